The van der Waals surface area contributed by atoms with Crippen LogP contribution in [0.2, 0.25) is 0 Å². The van der Waals surface area contributed by atoms with Crippen LogP contribution in [0, 0.1) is 13.8 Å². The number of fused-ring (bicyclic) bond motifs is 1. The van der Waals surface area contributed by atoms with Gasteiger partial charge >= 0.3 is 11.8 Å². The van der Waals surface area contributed by atoms with Crippen molar-refractivity contribution in [3.63, 3.8) is 0 Å². The van der Waals surface area contributed by atoms with Gasteiger partial charge in [-0.05, 0) is 39.1 Å². The van der Waals surface area contributed by atoms with Gasteiger partial charge in [-0.2, -0.15) is 4.98 Å². The molecule has 2 heterocycles. The van der Waals surface area contributed by atoms with Gasteiger partial charge in [-0.25, -0.2) is 0 Å². The van der Waals surface area contributed by atoms with Crippen molar-refractivity contribution in [2.45, 2.75) is 27.7 Å². The lowest BCUT2D eigenvalue weighted by Crippen LogP contribution is -2.34. The fourth-order valence-electron chi connectivity index (χ4n) is 2.90. The second kappa shape index (κ2) is 7.70. The van der Waals surface area contributed by atoms with Crippen LogP contribution in [0.25, 0.3) is 22.6 Å². The minimum Gasteiger partial charge on any atom is -0.452 e. The van der Waals surface area contributed by atoms with Crippen molar-refractivity contribution >= 4 is 16.9 Å². The monoisotopic (exact) mass is 356 g/mol. The van der Waals surface area contributed by atoms with E-state index in [2.05, 4.69) is 40.3 Å². The third kappa shape index (κ3) is 3.62. The minimum absolute atomic E-state index is 0.0596. The average Bonchev–Trinajstić information content (AvgIpc) is 3.24. The van der Waals surface area contributed by atoms with E-state index >= 15 is 0 Å². The normalized spacial score (nSPS) is 11.4. The van der Waals surface area contributed by atoms with E-state index in [4.69, 9.17) is 8.94 Å². The molecule has 1 N–H and O–H groups in total. The van der Waals surface area contributed by atoms with E-state index in [1.165, 1.54) is 0 Å². The van der Waals surface area contributed by atoms with Crippen LogP contribution in [-0.4, -0.2) is 47.1 Å². The Morgan fingerprint density at radius 1 is 1.23 bits per heavy atom. The zero-order valence-electron chi connectivity index (χ0n) is 15.6. The Labute approximate surface area is 152 Å². The molecule has 0 bridgehead atoms. The van der Waals surface area contributed by atoms with E-state index in [1.807, 2.05) is 26.0 Å². The molecule has 3 rings (SSSR count). The number of aryl methyl sites for hydroxylation is 2. The summed E-state index contributed by atoms with van der Waals surface area (Å²) in [6, 6.07) is 5.96. The zero-order valence-corrected chi connectivity index (χ0v) is 15.6. The van der Waals surface area contributed by atoms with Crippen molar-refractivity contribution in [2.24, 2.45) is 0 Å². The molecule has 0 aliphatic carbocycles. The van der Waals surface area contributed by atoms with E-state index in [0.29, 0.717) is 12.3 Å². The smallest absolute Gasteiger partial charge is 0.316 e. The molecule has 1 aromatic carbocycles. The molecular weight excluding hydrogens is 332 g/mol. The van der Waals surface area contributed by atoms with Gasteiger partial charge in [0.05, 0.1) is 0 Å². The molecule has 7 heteroatoms. The molecule has 1 amide bonds. The van der Waals surface area contributed by atoms with Crippen LogP contribution in [0.15, 0.2) is 27.1 Å². The third-order valence-electron chi connectivity index (χ3n) is 4.52. The quantitative estimate of drug-likeness (QED) is 0.700. The lowest BCUT2D eigenvalue weighted by molar-refractivity contribution is 0.0905. The summed E-state index contributed by atoms with van der Waals surface area (Å²) < 4.78 is 11.0. The highest BCUT2D eigenvalue weighted by atomic mass is 16.5. The van der Waals surface area contributed by atoms with Gasteiger partial charge in [-0.1, -0.05) is 30.6 Å². The molecule has 0 aliphatic rings. The van der Waals surface area contributed by atoms with Crippen molar-refractivity contribution in [1.29, 1.82) is 0 Å². The van der Waals surface area contributed by atoms with Crippen molar-refractivity contribution < 1.29 is 13.7 Å². The van der Waals surface area contributed by atoms with E-state index < -0.39 is 0 Å². The van der Waals surface area contributed by atoms with Crippen LogP contribution < -0.4 is 5.32 Å². The van der Waals surface area contributed by atoms with Crippen LogP contribution in [-0.2, 0) is 0 Å². The average molecular weight is 356 g/mol. The first kappa shape index (κ1) is 18.1. The van der Waals surface area contributed by atoms with Crippen molar-refractivity contribution in [1.82, 2.24) is 20.4 Å². The lowest BCUT2D eigenvalue weighted by Gasteiger charge is -2.17. The molecule has 26 heavy (non-hydrogen) atoms. The Kier molecular flexibility index (Phi) is 5.37. The molecular formula is C19H24N4O3. The number of carbonyl (C=O) groups is 1. The summed E-state index contributed by atoms with van der Waals surface area (Å²) in [5.74, 6) is 0.373. The Balaban J connectivity index is 1.73. The number of aromatic nitrogens is 2. The first-order valence-corrected chi connectivity index (χ1v) is 8.87. The Hall–Kier alpha value is -2.67. The predicted octanol–water partition coefficient (Wildman–Crippen LogP) is 3.17. The second-order valence-corrected chi connectivity index (χ2v) is 6.26. The molecule has 0 unspecified atom stereocenters. The van der Waals surface area contributed by atoms with Gasteiger partial charge < -0.3 is 19.2 Å². The van der Waals surface area contributed by atoms with Gasteiger partial charge in [0.2, 0.25) is 5.82 Å². The number of furan rings is 1. The first-order chi connectivity index (χ1) is 12.5. The largest absolute Gasteiger partial charge is 0.452 e. The Morgan fingerprint density at radius 3 is 2.73 bits per heavy atom. The summed E-state index contributed by atoms with van der Waals surface area (Å²) in [5, 5.41) is 7.72. The van der Waals surface area contributed by atoms with Gasteiger partial charge in [0.25, 0.3) is 0 Å². The van der Waals surface area contributed by atoms with Gasteiger partial charge in [-0.15, -0.1) is 0 Å². The number of hydrogen-bond donors (Lipinski definition) is 1. The molecule has 7 nitrogen and oxygen atoms in total. The molecule has 138 valence electrons. The van der Waals surface area contributed by atoms with Crippen LogP contribution in [0.5, 0.6) is 0 Å². The fourth-order valence-corrected chi connectivity index (χ4v) is 2.90. The maximum absolute atomic E-state index is 12.2. The molecule has 0 atom stereocenters. The zero-order chi connectivity index (χ0) is 18.7. The van der Waals surface area contributed by atoms with E-state index in [0.717, 1.165) is 41.7 Å². The predicted molar refractivity (Wildman–Crippen MR) is 99.1 cm³/mol. The second-order valence-electron chi connectivity index (χ2n) is 6.26. The number of rotatable bonds is 7. The highest BCUT2D eigenvalue weighted by Crippen LogP contribution is 2.31. The topological polar surface area (TPSA) is 84.4 Å². The Bertz CT molecular complexity index is 909. The molecule has 0 fully saturated rings. The van der Waals surface area contributed by atoms with Crippen molar-refractivity contribution in [3.05, 3.63) is 35.2 Å². The summed E-state index contributed by atoms with van der Waals surface area (Å²) in [5.41, 5.74) is 2.84. The van der Waals surface area contributed by atoms with Crippen LogP contribution in [0.4, 0.5) is 0 Å². The van der Waals surface area contributed by atoms with Gasteiger partial charge in [-0.3, -0.25) is 4.79 Å². The number of hydrogen-bond acceptors (Lipinski definition) is 6. The number of nitrogens with zero attached hydrogens (tertiary/aromatic N) is 3. The van der Waals surface area contributed by atoms with Crippen LogP contribution in [0.3, 0.4) is 0 Å². The molecule has 3 aromatic rings. The van der Waals surface area contributed by atoms with Crippen molar-refractivity contribution in [3.8, 4) is 11.6 Å². The minimum atomic E-state index is -0.375. The summed E-state index contributed by atoms with van der Waals surface area (Å²) in [6.45, 7) is 11.4. The lowest BCUT2D eigenvalue weighted by atomic mass is 10.1. The molecule has 0 aliphatic heterocycles. The van der Waals surface area contributed by atoms with E-state index in [-0.39, 0.29) is 17.6 Å². The molecule has 0 radical (unpaired) electrons. The third-order valence-corrected chi connectivity index (χ3v) is 4.52. The maximum atomic E-state index is 12.2. The fraction of sp³-hybridized carbons (Fsp3) is 0.421. The summed E-state index contributed by atoms with van der Waals surface area (Å²) >= 11 is 0. The summed E-state index contributed by atoms with van der Waals surface area (Å²) in [4.78, 5) is 18.6. The molecule has 0 saturated carbocycles. The number of carbonyl (C=O) groups excluding carboxylic acids is 1. The molecule has 0 spiro atoms. The Morgan fingerprint density at radius 2 is 2.00 bits per heavy atom. The maximum Gasteiger partial charge on any atom is 0.316 e. The number of benzene rings is 1. The van der Waals surface area contributed by atoms with E-state index in [9.17, 15) is 4.79 Å². The van der Waals surface area contributed by atoms with Gasteiger partial charge in [0.1, 0.15) is 5.58 Å². The standard InChI is InChI=1S/C19H24N4O3/c1-5-23(6-2)10-9-20-18(24)19-21-17(22-26-19)16-13(4)14-11-12(3)7-8-15(14)25-16/h7-8,11H,5-6,9-10H2,1-4H3,(H,20,24). The molecule has 0 saturated heterocycles. The van der Waals surface area contributed by atoms with Gasteiger partial charge in [0, 0.05) is 24.0 Å². The summed E-state index contributed by atoms with van der Waals surface area (Å²) in [6.07, 6.45) is 0. The number of nitrogens with one attached hydrogen (secondary N) is 1. The first-order valence-electron chi connectivity index (χ1n) is 8.87. The number of likely N-dealkylation sites (N-methyl/N-ethyl adjacent to an activating group) is 1. The molecule has 2 aromatic heterocycles. The van der Waals surface area contributed by atoms with Crippen LogP contribution in [0.1, 0.15) is 35.7 Å². The SMILES string of the molecule is CCN(CC)CCNC(=O)c1nc(-c2oc3ccc(C)cc3c2C)no1. The van der Waals surface area contributed by atoms with E-state index in [1.54, 1.807) is 0 Å². The van der Waals surface area contributed by atoms with Crippen LogP contribution >= 0.6 is 0 Å². The highest BCUT2D eigenvalue weighted by Gasteiger charge is 2.21. The summed E-state index contributed by atoms with van der Waals surface area (Å²) in [7, 11) is 0. The highest BCUT2D eigenvalue weighted by molar-refractivity contribution is 5.90. The number of amides is 1. The van der Waals surface area contributed by atoms with Crippen molar-refractivity contribution in [2.75, 3.05) is 26.2 Å². The van der Waals surface area contributed by atoms with Gasteiger partial charge in [0.15, 0.2) is 5.76 Å².